The summed E-state index contributed by atoms with van der Waals surface area (Å²) < 4.78 is 22.7. The van der Waals surface area contributed by atoms with E-state index >= 15 is 4.39 Å². The Hall–Kier alpha value is -4.51. The van der Waals surface area contributed by atoms with Gasteiger partial charge in [0.05, 0.1) is 12.1 Å². The van der Waals surface area contributed by atoms with Gasteiger partial charge in [-0.25, -0.2) is 4.39 Å². The second-order valence-electron chi connectivity index (χ2n) is 11.8. The molecular weight excluding hydrogens is 551 g/mol. The molecule has 0 aliphatic carbocycles. The topological polar surface area (TPSA) is 125 Å². The maximum absolute atomic E-state index is 16.6. The molecule has 3 fully saturated rings. The number of carbonyl (C=O) groups is 2. The first-order chi connectivity index (χ1) is 20.8. The van der Waals surface area contributed by atoms with Crippen LogP contribution >= 0.6 is 0 Å². The summed E-state index contributed by atoms with van der Waals surface area (Å²) in [5.74, 6) is -1.60. The number of rotatable bonds is 5. The van der Waals surface area contributed by atoms with Crippen LogP contribution in [0.2, 0.25) is 0 Å². The standard InChI is InChI=1S/C32H33FN6O4/c1-37-12-4-6-21(37)17-43-32-35-28-25(30(36-32)38-15-19-8-9-20(16-38)39(19)31(42)29(34)41)11-10-24(27(28)33)26-14-22(40)13-18-5-2-3-7-23(18)26/h2-3,5,7,10-11,13-14,19-21,40H,4,6,8-9,12,15-17H2,1H3,(H2,34,41). The zero-order chi connectivity index (χ0) is 29.8. The number of halogens is 1. The van der Waals surface area contributed by atoms with Crippen LogP contribution in [0.15, 0.2) is 48.5 Å². The van der Waals surface area contributed by atoms with E-state index in [1.54, 1.807) is 29.2 Å². The highest BCUT2D eigenvalue weighted by molar-refractivity contribution is 6.34. The maximum Gasteiger partial charge on any atom is 0.319 e. The minimum absolute atomic E-state index is 0.0418. The van der Waals surface area contributed by atoms with E-state index in [1.165, 1.54) is 0 Å². The Morgan fingerprint density at radius 2 is 1.79 bits per heavy atom. The number of phenolic OH excluding ortho intramolecular Hbond substituents is 1. The predicted molar refractivity (Wildman–Crippen MR) is 160 cm³/mol. The van der Waals surface area contributed by atoms with Crippen molar-refractivity contribution in [2.24, 2.45) is 5.73 Å². The molecule has 3 aliphatic heterocycles. The fraction of sp³-hybridized carbons (Fsp3) is 0.375. The molecule has 2 amide bonds. The molecule has 4 aromatic rings. The number of nitrogens with zero attached hydrogens (tertiary/aromatic N) is 5. The molecule has 0 spiro atoms. The Balaban J connectivity index is 1.32. The highest BCUT2D eigenvalue weighted by Crippen LogP contribution is 2.40. The van der Waals surface area contributed by atoms with Gasteiger partial charge in [-0.15, -0.1) is 0 Å². The van der Waals surface area contributed by atoms with Gasteiger partial charge in [-0.3, -0.25) is 9.59 Å². The number of likely N-dealkylation sites (N-methyl/N-ethyl adjacent to an activating group) is 1. The summed E-state index contributed by atoms with van der Waals surface area (Å²) in [5, 5.41) is 12.6. The molecular formula is C32H33FN6O4. The molecule has 222 valence electrons. The van der Waals surface area contributed by atoms with Crippen molar-refractivity contribution in [2.45, 2.75) is 43.8 Å². The summed E-state index contributed by atoms with van der Waals surface area (Å²) in [4.78, 5) is 39.5. The monoisotopic (exact) mass is 584 g/mol. The predicted octanol–water partition coefficient (Wildman–Crippen LogP) is 3.43. The summed E-state index contributed by atoms with van der Waals surface area (Å²) in [6, 6.07) is 14.1. The number of amides is 2. The second kappa shape index (κ2) is 10.6. The van der Waals surface area contributed by atoms with Crippen molar-refractivity contribution in [2.75, 3.05) is 38.2 Å². The molecule has 3 atom stereocenters. The third-order valence-corrected chi connectivity index (χ3v) is 9.21. The van der Waals surface area contributed by atoms with Crippen LogP contribution in [0.25, 0.3) is 32.8 Å². The van der Waals surface area contributed by atoms with Gasteiger partial charge in [0.2, 0.25) is 0 Å². The van der Waals surface area contributed by atoms with Gasteiger partial charge in [0.1, 0.15) is 23.7 Å². The molecule has 1 aromatic heterocycles. The number of carbonyl (C=O) groups excluding carboxylic acids is 2. The van der Waals surface area contributed by atoms with Gasteiger partial charge in [0.25, 0.3) is 0 Å². The number of nitrogens with two attached hydrogens (primary N) is 1. The molecule has 3 aliphatic rings. The Morgan fingerprint density at radius 1 is 1.02 bits per heavy atom. The van der Waals surface area contributed by atoms with Gasteiger partial charge < -0.3 is 30.3 Å². The molecule has 10 nitrogen and oxygen atoms in total. The van der Waals surface area contributed by atoms with Crippen LogP contribution in [0.1, 0.15) is 25.7 Å². The zero-order valence-corrected chi connectivity index (χ0v) is 23.9. The van der Waals surface area contributed by atoms with E-state index < -0.39 is 17.6 Å². The maximum atomic E-state index is 16.6. The Labute approximate surface area is 247 Å². The van der Waals surface area contributed by atoms with E-state index in [4.69, 9.17) is 15.5 Å². The lowest BCUT2D eigenvalue weighted by molar-refractivity contribution is -0.146. The van der Waals surface area contributed by atoms with Crippen molar-refractivity contribution in [3.05, 3.63) is 54.3 Å². The molecule has 4 heterocycles. The van der Waals surface area contributed by atoms with Gasteiger partial charge in [-0.2, -0.15) is 9.97 Å². The van der Waals surface area contributed by atoms with E-state index in [1.807, 2.05) is 29.2 Å². The second-order valence-corrected chi connectivity index (χ2v) is 11.8. The number of ether oxygens (including phenoxy) is 1. The van der Waals surface area contributed by atoms with E-state index in [-0.39, 0.29) is 35.4 Å². The molecule has 3 aromatic carbocycles. The van der Waals surface area contributed by atoms with Crippen LogP contribution in [-0.2, 0) is 9.59 Å². The number of hydrogen-bond acceptors (Lipinski definition) is 8. The number of aromatic hydroxyl groups is 1. The van der Waals surface area contributed by atoms with Crippen LogP contribution in [-0.4, -0.2) is 88.1 Å². The number of hydrogen-bond donors (Lipinski definition) is 2. The highest BCUT2D eigenvalue weighted by Gasteiger charge is 2.44. The largest absolute Gasteiger partial charge is 0.508 e. The van der Waals surface area contributed by atoms with Gasteiger partial charge in [-0.1, -0.05) is 30.3 Å². The van der Waals surface area contributed by atoms with Gasteiger partial charge in [-0.05, 0) is 73.8 Å². The van der Waals surface area contributed by atoms with Crippen molar-refractivity contribution >= 4 is 39.3 Å². The van der Waals surface area contributed by atoms with Crippen LogP contribution in [0.4, 0.5) is 10.2 Å². The first-order valence-corrected chi connectivity index (χ1v) is 14.7. The third-order valence-electron chi connectivity index (χ3n) is 9.21. The number of likely N-dealkylation sites (tertiary alicyclic amines) is 1. The summed E-state index contributed by atoms with van der Waals surface area (Å²) >= 11 is 0. The lowest BCUT2D eigenvalue weighted by Gasteiger charge is -2.41. The van der Waals surface area contributed by atoms with Crippen molar-refractivity contribution in [1.29, 1.82) is 0 Å². The number of aromatic nitrogens is 2. The van der Waals surface area contributed by atoms with Gasteiger partial charge >= 0.3 is 17.8 Å². The summed E-state index contributed by atoms with van der Waals surface area (Å²) in [6.07, 6.45) is 3.56. The number of phenols is 1. The smallest absolute Gasteiger partial charge is 0.319 e. The average Bonchev–Trinajstić information content (AvgIpc) is 3.53. The van der Waals surface area contributed by atoms with Gasteiger partial charge in [0, 0.05) is 30.1 Å². The SMILES string of the molecule is CN1CCCC1COc1nc(N2CC3CCC(C2)N3C(=O)C(N)=O)c2ccc(-c3cc(O)cc4ccccc34)c(F)c2n1. The van der Waals surface area contributed by atoms with E-state index in [0.29, 0.717) is 42.0 Å². The van der Waals surface area contributed by atoms with Crippen LogP contribution in [0.3, 0.4) is 0 Å². The zero-order valence-electron chi connectivity index (χ0n) is 23.9. The van der Waals surface area contributed by atoms with E-state index in [0.717, 1.165) is 43.0 Å². The van der Waals surface area contributed by atoms with E-state index in [9.17, 15) is 14.7 Å². The molecule has 0 radical (unpaired) electrons. The van der Waals surface area contributed by atoms with Gasteiger partial charge in [0.15, 0.2) is 5.82 Å². The first-order valence-electron chi connectivity index (χ1n) is 14.7. The van der Waals surface area contributed by atoms with Crippen molar-refractivity contribution < 1.29 is 23.8 Å². The van der Waals surface area contributed by atoms with E-state index in [2.05, 4.69) is 16.9 Å². The summed E-state index contributed by atoms with van der Waals surface area (Å²) in [7, 11) is 2.06. The first kappa shape index (κ1) is 27.3. The summed E-state index contributed by atoms with van der Waals surface area (Å²) in [5.41, 5.74) is 6.32. The molecule has 3 unspecified atom stereocenters. The molecule has 2 bridgehead atoms. The third kappa shape index (κ3) is 4.77. The minimum Gasteiger partial charge on any atom is -0.508 e. The number of fused-ring (bicyclic) bond motifs is 4. The molecule has 3 saturated heterocycles. The molecule has 0 saturated carbocycles. The number of benzene rings is 3. The number of anilines is 1. The minimum atomic E-state index is -0.959. The lowest BCUT2D eigenvalue weighted by atomic mass is 9.96. The normalized spacial score (nSPS) is 22.0. The molecule has 11 heteroatoms. The molecule has 7 rings (SSSR count). The fourth-order valence-corrected chi connectivity index (χ4v) is 7.05. The van der Waals surface area contributed by atoms with Crippen molar-refractivity contribution in [3.8, 4) is 22.9 Å². The molecule has 43 heavy (non-hydrogen) atoms. The Kier molecular flexibility index (Phi) is 6.76. The van der Waals surface area contributed by atoms with Crippen LogP contribution in [0, 0.1) is 5.82 Å². The quantitative estimate of drug-likeness (QED) is 0.342. The Morgan fingerprint density at radius 3 is 2.51 bits per heavy atom. The number of primary amides is 1. The number of piperazine rings is 1. The highest BCUT2D eigenvalue weighted by atomic mass is 19.1. The molecule has 3 N–H and O–H groups in total. The fourth-order valence-electron chi connectivity index (χ4n) is 7.05. The lowest BCUT2D eigenvalue weighted by Crippen LogP contribution is -2.58. The van der Waals surface area contributed by atoms with Crippen molar-refractivity contribution in [1.82, 2.24) is 19.8 Å². The van der Waals surface area contributed by atoms with Crippen LogP contribution in [0.5, 0.6) is 11.8 Å². The Bertz CT molecular complexity index is 1750. The van der Waals surface area contributed by atoms with Crippen molar-refractivity contribution in [3.63, 3.8) is 0 Å². The average molecular weight is 585 g/mol. The van der Waals surface area contributed by atoms with Crippen LogP contribution < -0.4 is 15.4 Å². The summed E-state index contributed by atoms with van der Waals surface area (Å²) in [6.45, 7) is 2.22.